The summed E-state index contributed by atoms with van der Waals surface area (Å²) in [4.78, 5) is 25.3. The van der Waals surface area contributed by atoms with E-state index in [-0.39, 0.29) is 17.2 Å². The first-order valence-corrected chi connectivity index (χ1v) is 11.0. The summed E-state index contributed by atoms with van der Waals surface area (Å²) >= 11 is 0. The van der Waals surface area contributed by atoms with E-state index in [0.29, 0.717) is 36.8 Å². The standard InChI is InChI=1S/C24H18F2N8O2/c25-16-3-1-14(2-4-16)22-23(32-9-10-36-13-21(32)30-22)17-5-6-19-29-20(12-33(19)31-17)34(27)24(35)15-7-8-28-18(26)11-15/h1-8,11-12H,9-10,13,27H2. The number of hydrazine groups is 1. The number of ether oxygens (including phenoxy) is 1. The molecule has 1 aromatic carbocycles. The first-order valence-electron chi connectivity index (χ1n) is 11.0. The Morgan fingerprint density at radius 2 is 1.92 bits per heavy atom. The summed E-state index contributed by atoms with van der Waals surface area (Å²) < 4.78 is 36.1. The van der Waals surface area contributed by atoms with Crippen LogP contribution >= 0.6 is 0 Å². The van der Waals surface area contributed by atoms with Crippen LogP contribution in [0.5, 0.6) is 0 Å². The van der Waals surface area contributed by atoms with Crippen LogP contribution in [0.1, 0.15) is 16.2 Å². The molecule has 0 atom stereocenters. The maximum absolute atomic E-state index is 13.6. The quantitative estimate of drug-likeness (QED) is 0.179. The van der Waals surface area contributed by atoms with Crippen molar-refractivity contribution in [3.05, 3.63) is 84.1 Å². The molecule has 0 saturated heterocycles. The second-order valence-electron chi connectivity index (χ2n) is 8.10. The molecular weight excluding hydrogens is 470 g/mol. The number of aromatic nitrogens is 6. The Balaban J connectivity index is 1.41. The van der Waals surface area contributed by atoms with E-state index in [9.17, 15) is 13.6 Å². The van der Waals surface area contributed by atoms with Crippen molar-refractivity contribution in [1.82, 2.24) is 29.1 Å². The van der Waals surface area contributed by atoms with Crippen molar-refractivity contribution in [2.24, 2.45) is 5.84 Å². The van der Waals surface area contributed by atoms with Crippen LogP contribution in [-0.4, -0.2) is 41.6 Å². The van der Waals surface area contributed by atoms with Crippen molar-refractivity contribution in [3.63, 3.8) is 0 Å². The summed E-state index contributed by atoms with van der Waals surface area (Å²) in [6.07, 6.45) is 2.69. The van der Waals surface area contributed by atoms with Crippen LogP contribution in [0.3, 0.4) is 0 Å². The number of benzene rings is 1. The van der Waals surface area contributed by atoms with Crippen molar-refractivity contribution in [2.75, 3.05) is 11.6 Å². The number of rotatable bonds is 4. The Morgan fingerprint density at radius 1 is 1.08 bits per heavy atom. The predicted molar refractivity (Wildman–Crippen MR) is 124 cm³/mol. The summed E-state index contributed by atoms with van der Waals surface area (Å²) in [5, 5.41) is 5.52. The molecular formula is C24H18F2N8O2. The second kappa shape index (κ2) is 8.59. The second-order valence-corrected chi connectivity index (χ2v) is 8.10. The van der Waals surface area contributed by atoms with Gasteiger partial charge in [-0.2, -0.15) is 9.49 Å². The molecule has 1 aliphatic heterocycles. The molecule has 1 amide bonds. The Hall–Kier alpha value is -4.55. The van der Waals surface area contributed by atoms with Crippen LogP contribution in [-0.2, 0) is 17.9 Å². The summed E-state index contributed by atoms with van der Waals surface area (Å²) in [7, 11) is 0. The van der Waals surface area contributed by atoms with Gasteiger partial charge in [0.25, 0.3) is 5.91 Å². The number of nitrogens with two attached hydrogens (primary N) is 1. The maximum atomic E-state index is 13.6. The molecule has 0 fully saturated rings. The molecule has 2 N–H and O–H groups in total. The zero-order valence-electron chi connectivity index (χ0n) is 18.7. The molecule has 1 aliphatic rings. The van der Waals surface area contributed by atoms with E-state index in [1.165, 1.54) is 35.1 Å². The number of halogens is 2. The van der Waals surface area contributed by atoms with Crippen LogP contribution in [0.25, 0.3) is 28.3 Å². The van der Waals surface area contributed by atoms with Crippen molar-refractivity contribution in [2.45, 2.75) is 13.2 Å². The van der Waals surface area contributed by atoms with E-state index < -0.39 is 11.9 Å². The number of amides is 1. The van der Waals surface area contributed by atoms with Gasteiger partial charge in [0.15, 0.2) is 11.5 Å². The minimum atomic E-state index is -0.790. The smallest absolute Gasteiger partial charge is 0.274 e. The number of carbonyl (C=O) groups is 1. The molecule has 0 spiro atoms. The van der Waals surface area contributed by atoms with Crippen molar-refractivity contribution < 1.29 is 18.3 Å². The normalized spacial score (nSPS) is 13.1. The van der Waals surface area contributed by atoms with Crippen LogP contribution in [0, 0.1) is 11.8 Å². The fourth-order valence-corrected chi connectivity index (χ4v) is 4.13. The predicted octanol–water partition coefficient (Wildman–Crippen LogP) is 2.98. The number of pyridine rings is 1. The van der Waals surface area contributed by atoms with Gasteiger partial charge in [-0.3, -0.25) is 4.79 Å². The third kappa shape index (κ3) is 3.78. The number of hydrogen-bond acceptors (Lipinski definition) is 7. The van der Waals surface area contributed by atoms with Gasteiger partial charge < -0.3 is 9.30 Å². The van der Waals surface area contributed by atoms with Crippen molar-refractivity contribution in [3.8, 4) is 22.6 Å². The monoisotopic (exact) mass is 488 g/mol. The average Bonchev–Trinajstić information content (AvgIpc) is 3.49. The molecule has 4 aromatic heterocycles. The number of carbonyl (C=O) groups excluding carboxylic acids is 1. The molecule has 0 radical (unpaired) electrons. The molecule has 5 heterocycles. The highest BCUT2D eigenvalue weighted by Gasteiger charge is 2.24. The lowest BCUT2D eigenvalue weighted by molar-refractivity contribution is 0.0821. The minimum Gasteiger partial charge on any atom is -0.372 e. The lowest BCUT2D eigenvalue weighted by atomic mass is 10.1. The van der Waals surface area contributed by atoms with Crippen LogP contribution in [0.15, 0.2) is 60.9 Å². The molecule has 0 aliphatic carbocycles. The lowest BCUT2D eigenvalue weighted by Crippen LogP contribution is -2.37. The molecule has 0 bridgehead atoms. The van der Waals surface area contributed by atoms with E-state index >= 15 is 0 Å². The summed E-state index contributed by atoms with van der Waals surface area (Å²) in [6.45, 7) is 1.46. The Bertz CT molecular complexity index is 1610. The fourth-order valence-electron chi connectivity index (χ4n) is 4.13. The van der Waals surface area contributed by atoms with Gasteiger partial charge >= 0.3 is 0 Å². The first kappa shape index (κ1) is 21.9. The highest BCUT2D eigenvalue weighted by atomic mass is 19.1. The largest absolute Gasteiger partial charge is 0.372 e. The van der Waals surface area contributed by atoms with Crippen LogP contribution in [0.2, 0.25) is 0 Å². The highest BCUT2D eigenvalue weighted by Crippen LogP contribution is 2.33. The SMILES string of the molecule is NN(C(=O)c1ccnc(F)c1)c1cn2nc(-c3c(-c4ccc(F)cc4)nc4n3CCOC4)ccc2n1. The third-order valence-corrected chi connectivity index (χ3v) is 5.84. The van der Waals surface area contributed by atoms with Gasteiger partial charge in [-0.15, -0.1) is 0 Å². The number of anilines is 1. The van der Waals surface area contributed by atoms with Gasteiger partial charge in [0, 0.05) is 29.9 Å². The minimum absolute atomic E-state index is 0.0350. The molecule has 6 rings (SSSR count). The molecule has 12 heteroatoms. The van der Waals surface area contributed by atoms with Gasteiger partial charge in [-0.1, -0.05) is 0 Å². The first-order chi connectivity index (χ1) is 17.5. The van der Waals surface area contributed by atoms with Gasteiger partial charge in [-0.05, 0) is 42.5 Å². The van der Waals surface area contributed by atoms with E-state index in [1.54, 1.807) is 24.3 Å². The number of fused-ring (bicyclic) bond motifs is 2. The maximum Gasteiger partial charge on any atom is 0.274 e. The van der Waals surface area contributed by atoms with E-state index in [4.69, 9.17) is 20.7 Å². The van der Waals surface area contributed by atoms with E-state index in [1.807, 2.05) is 4.57 Å². The zero-order chi connectivity index (χ0) is 24.8. The molecule has 10 nitrogen and oxygen atoms in total. The molecule has 180 valence electrons. The highest BCUT2D eigenvalue weighted by molar-refractivity contribution is 6.04. The van der Waals surface area contributed by atoms with Crippen LogP contribution < -0.4 is 10.9 Å². The molecule has 36 heavy (non-hydrogen) atoms. The molecule has 0 saturated carbocycles. The zero-order valence-corrected chi connectivity index (χ0v) is 18.7. The summed E-state index contributed by atoms with van der Waals surface area (Å²) in [5.41, 5.74) is 3.22. The van der Waals surface area contributed by atoms with E-state index in [2.05, 4.69) is 9.97 Å². The molecule has 0 unspecified atom stereocenters. The van der Waals surface area contributed by atoms with E-state index in [0.717, 1.165) is 28.2 Å². The van der Waals surface area contributed by atoms with Gasteiger partial charge in [0.05, 0.1) is 24.2 Å². The number of hydrogen-bond donors (Lipinski definition) is 1. The van der Waals surface area contributed by atoms with Gasteiger partial charge in [0.1, 0.15) is 23.9 Å². The summed E-state index contributed by atoms with van der Waals surface area (Å²) in [6, 6.07) is 12.0. The Morgan fingerprint density at radius 3 is 2.72 bits per heavy atom. The average molecular weight is 488 g/mol. The van der Waals surface area contributed by atoms with Gasteiger partial charge in [-0.25, -0.2) is 34.7 Å². The Kier molecular flexibility index (Phi) is 5.24. The topological polar surface area (TPSA) is 116 Å². The fraction of sp³-hybridized carbons (Fsp3) is 0.125. The van der Waals surface area contributed by atoms with Crippen molar-refractivity contribution in [1.29, 1.82) is 0 Å². The Labute approximate surface area is 202 Å². The lowest BCUT2D eigenvalue weighted by Gasteiger charge is -2.17. The third-order valence-electron chi connectivity index (χ3n) is 5.84. The molecule has 5 aromatic rings. The van der Waals surface area contributed by atoms with Crippen molar-refractivity contribution >= 4 is 17.4 Å². The van der Waals surface area contributed by atoms with Gasteiger partial charge in [0.2, 0.25) is 5.95 Å². The number of nitrogens with zero attached hydrogens (tertiary/aromatic N) is 7. The number of imidazole rings is 2. The summed E-state index contributed by atoms with van der Waals surface area (Å²) in [5.74, 6) is 5.09. The van der Waals surface area contributed by atoms with Crippen LogP contribution in [0.4, 0.5) is 14.6 Å².